The zero-order valence-electron chi connectivity index (χ0n) is 17.2. The predicted octanol–water partition coefficient (Wildman–Crippen LogP) is 5.96. The molecule has 0 amide bonds. The first-order valence-electron chi connectivity index (χ1n) is 9.00. The van der Waals surface area contributed by atoms with Crippen molar-refractivity contribution in [1.82, 2.24) is 0 Å². The van der Waals surface area contributed by atoms with Gasteiger partial charge in [-0.2, -0.15) is 8.78 Å². The molecule has 0 aromatic heterocycles. The Bertz CT molecular complexity index is 645. The number of hydrogen-bond donors (Lipinski definition) is 0. The molecule has 0 bridgehead atoms. The highest BCUT2D eigenvalue weighted by Gasteiger charge is 2.34. The number of hydrogen-bond acceptors (Lipinski definition) is 5. The minimum Gasteiger partial charge on any atom is -0.491 e. The van der Waals surface area contributed by atoms with Crippen molar-refractivity contribution in [3.05, 3.63) is 23.8 Å². The summed E-state index contributed by atoms with van der Waals surface area (Å²) in [5.74, 6) is -2.59. The first-order chi connectivity index (χ1) is 12.3. The minimum absolute atomic E-state index is 0.0370. The second-order valence-electron chi connectivity index (χ2n) is 8.07. The van der Waals surface area contributed by atoms with Gasteiger partial charge in [-0.15, -0.1) is 0 Å². The lowest BCUT2D eigenvalue weighted by Crippen LogP contribution is -2.25. The second-order valence-corrected chi connectivity index (χ2v) is 10.1. The Morgan fingerprint density at radius 2 is 1.33 bits per heavy atom. The Balaban J connectivity index is 2.71. The predicted molar refractivity (Wildman–Crippen MR) is 102 cm³/mol. The van der Waals surface area contributed by atoms with Gasteiger partial charge in [-0.05, 0) is 67.0 Å². The summed E-state index contributed by atoms with van der Waals surface area (Å²) in [5.41, 5.74) is -1.29. The number of ether oxygens (including phenoxy) is 2. The summed E-state index contributed by atoms with van der Waals surface area (Å²) in [4.78, 5) is 0. The van der Waals surface area contributed by atoms with Crippen molar-refractivity contribution in [2.24, 2.45) is 0 Å². The van der Waals surface area contributed by atoms with E-state index in [9.17, 15) is 13.3 Å². The van der Waals surface area contributed by atoms with Crippen molar-refractivity contribution in [3.8, 4) is 11.5 Å². The van der Waals surface area contributed by atoms with Gasteiger partial charge in [0.2, 0.25) is 11.6 Å². The van der Waals surface area contributed by atoms with Gasteiger partial charge in [0, 0.05) is 0 Å². The molecule has 1 aromatic rings. The van der Waals surface area contributed by atoms with E-state index in [0.29, 0.717) is 0 Å². The van der Waals surface area contributed by atoms with E-state index in [1.165, 1.54) is 12.1 Å². The molecule has 0 unspecified atom stereocenters. The maximum absolute atomic E-state index is 14.0. The molecule has 1 rings (SSSR count). The zero-order chi connectivity index (χ0) is 20.9. The van der Waals surface area contributed by atoms with Gasteiger partial charge >= 0.3 is 7.60 Å². The Hall–Kier alpha value is -1.17. The van der Waals surface area contributed by atoms with Crippen molar-refractivity contribution in [2.75, 3.05) is 19.4 Å². The van der Waals surface area contributed by atoms with Gasteiger partial charge in [0.05, 0.1) is 30.6 Å². The largest absolute Gasteiger partial charge is 0.491 e. The molecular formula is C19H31F2O5P. The molecular weight excluding hydrogens is 377 g/mol. The molecule has 1 aromatic carbocycles. The van der Waals surface area contributed by atoms with Gasteiger partial charge in [0.25, 0.3) is 0 Å². The average Bonchev–Trinajstić information content (AvgIpc) is 2.46. The van der Waals surface area contributed by atoms with Gasteiger partial charge in [-0.3, -0.25) is 4.57 Å². The van der Waals surface area contributed by atoms with Gasteiger partial charge < -0.3 is 18.5 Å². The van der Waals surface area contributed by atoms with Crippen molar-refractivity contribution < 1.29 is 31.9 Å². The molecule has 0 aliphatic rings. The van der Waals surface area contributed by atoms with E-state index in [2.05, 4.69) is 0 Å². The van der Waals surface area contributed by atoms with Crippen LogP contribution in [-0.4, -0.2) is 30.6 Å². The summed E-state index contributed by atoms with van der Waals surface area (Å²) >= 11 is 0. The van der Waals surface area contributed by atoms with E-state index in [1.54, 1.807) is 48.5 Å². The summed E-state index contributed by atoms with van der Waals surface area (Å²) < 4.78 is 62.5. The van der Waals surface area contributed by atoms with Gasteiger partial charge in [-0.1, -0.05) is 0 Å². The molecule has 0 saturated carbocycles. The Kier molecular flexibility index (Phi) is 8.27. The molecule has 27 heavy (non-hydrogen) atoms. The first-order valence-corrected chi connectivity index (χ1v) is 10.7. The van der Waals surface area contributed by atoms with Crippen LogP contribution in [0.1, 0.15) is 54.9 Å². The molecule has 0 N–H and O–H groups in total. The maximum Gasteiger partial charge on any atom is 0.331 e. The summed E-state index contributed by atoms with van der Waals surface area (Å²) in [5, 5.41) is 0. The summed E-state index contributed by atoms with van der Waals surface area (Å²) in [6.45, 7) is 12.7. The van der Waals surface area contributed by atoms with Crippen LogP contribution in [0, 0.1) is 11.6 Å². The smallest absolute Gasteiger partial charge is 0.331 e. The molecule has 156 valence electrons. The fourth-order valence-electron chi connectivity index (χ4n) is 2.28. The topological polar surface area (TPSA) is 54.0 Å². The normalized spacial score (nSPS) is 12.9. The van der Waals surface area contributed by atoms with Gasteiger partial charge in [0.1, 0.15) is 0 Å². The van der Waals surface area contributed by atoms with Crippen molar-refractivity contribution in [1.29, 1.82) is 0 Å². The third-order valence-corrected chi connectivity index (χ3v) is 5.49. The average molecular weight is 408 g/mol. The highest BCUT2D eigenvalue weighted by Crippen LogP contribution is 2.54. The maximum atomic E-state index is 14.0. The fraction of sp³-hybridized carbons (Fsp3) is 0.684. The van der Waals surface area contributed by atoms with E-state index in [0.717, 1.165) is 0 Å². The molecule has 0 heterocycles. The third-order valence-electron chi connectivity index (χ3n) is 2.97. The van der Waals surface area contributed by atoms with Crippen LogP contribution < -0.4 is 9.47 Å². The zero-order valence-corrected chi connectivity index (χ0v) is 18.1. The lowest BCUT2D eigenvalue weighted by atomic mass is 10.2. The van der Waals surface area contributed by atoms with E-state index >= 15 is 0 Å². The Morgan fingerprint density at radius 3 is 1.74 bits per heavy atom. The van der Waals surface area contributed by atoms with Crippen LogP contribution in [0.25, 0.3) is 0 Å². The van der Waals surface area contributed by atoms with Crippen LogP contribution in [0.15, 0.2) is 12.1 Å². The quantitative estimate of drug-likeness (QED) is 0.373. The highest BCUT2D eigenvalue weighted by atomic mass is 31.2. The lowest BCUT2D eigenvalue weighted by molar-refractivity contribution is 0.0487. The minimum atomic E-state index is -3.39. The van der Waals surface area contributed by atoms with Crippen LogP contribution in [0.2, 0.25) is 0 Å². The summed E-state index contributed by atoms with van der Waals surface area (Å²) in [7, 11) is -3.39. The SMILES string of the molecule is CCOc1ccc(OCCCP(=O)(OC(C)(C)C)OC(C)(C)C)c(F)c1F. The van der Waals surface area contributed by atoms with Crippen molar-refractivity contribution >= 4 is 7.60 Å². The number of benzene rings is 1. The lowest BCUT2D eigenvalue weighted by Gasteiger charge is -2.32. The molecule has 0 aliphatic carbocycles. The van der Waals surface area contributed by atoms with Crippen LogP contribution in [-0.2, 0) is 13.6 Å². The summed E-state index contributed by atoms with van der Waals surface area (Å²) in [6, 6.07) is 2.62. The fourth-order valence-corrected chi connectivity index (χ4v) is 4.68. The first kappa shape index (κ1) is 23.9. The van der Waals surface area contributed by atoms with E-state index in [1.807, 2.05) is 0 Å². The molecule has 0 aliphatic heterocycles. The third kappa shape index (κ3) is 8.58. The van der Waals surface area contributed by atoms with Crippen LogP contribution >= 0.6 is 7.60 Å². The molecule has 5 nitrogen and oxygen atoms in total. The second kappa shape index (κ2) is 9.35. The highest BCUT2D eigenvalue weighted by molar-refractivity contribution is 7.53. The van der Waals surface area contributed by atoms with Gasteiger partial charge in [0.15, 0.2) is 11.5 Å². The standard InChI is InChI=1S/C19H31F2O5P/c1-8-23-14-10-11-15(17(21)16(14)20)24-12-9-13-27(22,25-18(2,3)4)26-19(5,6)7/h10-11H,8-9,12-13H2,1-7H3. The Morgan fingerprint density at radius 1 is 0.889 bits per heavy atom. The van der Waals surface area contributed by atoms with Crippen molar-refractivity contribution in [2.45, 2.75) is 66.1 Å². The van der Waals surface area contributed by atoms with E-state index in [4.69, 9.17) is 18.5 Å². The number of halogens is 2. The molecule has 0 radical (unpaired) electrons. The van der Waals surface area contributed by atoms with Crippen LogP contribution in [0.5, 0.6) is 11.5 Å². The molecule has 0 atom stereocenters. The van der Waals surface area contributed by atoms with Crippen LogP contribution in [0.3, 0.4) is 0 Å². The summed E-state index contributed by atoms with van der Waals surface area (Å²) in [6.07, 6.45) is 0.389. The number of rotatable bonds is 9. The molecule has 0 saturated heterocycles. The monoisotopic (exact) mass is 408 g/mol. The van der Waals surface area contributed by atoms with E-state index in [-0.39, 0.29) is 37.3 Å². The van der Waals surface area contributed by atoms with Gasteiger partial charge in [-0.25, -0.2) is 0 Å². The van der Waals surface area contributed by atoms with Crippen LogP contribution in [0.4, 0.5) is 8.78 Å². The van der Waals surface area contributed by atoms with Crippen molar-refractivity contribution in [3.63, 3.8) is 0 Å². The Labute approximate surface area is 160 Å². The molecule has 8 heteroatoms. The molecule has 0 spiro atoms. The molecule has 0 fully saturated rings. The van der Waals surface area contributed by atoms with E-state index < -0.39 is 30.4 Å².